The van der Waals surface area contributed by atoms with Crippen LogP contribution in [0, 0.1) is 6.92 Å². The molecule has 2 heterocycles. The summed E-state index contributed by atoms with van der Waals surface area (Å²) in [5, 5.41) is 0.421. The van der Waals surface area contributed by atoms with Crippen LogP contribution in [0.1, 0.15) is 5.69 Å². The Balaban J connectivity index is 2.42. The van der Waals surface area contributed by atoms with E-state index in [4.69, 9.17) is 5.73 Å². The molecule has 0 aliphatic carbocycles. The number of aromatic nitrogens is 2. The van der Waals surface area contributed by atoms with Crippen LogP contribution in [0.3, 0.4) is 0 Å². The summed E-state index contributed by atoms with van der Waals surface area (Å²) in [5.41, 5.74) is 6.59. The lowest BCUT2D eigenvalue weighted by Crippen LogP contribution is -2.28. The van der Waals surface area contributed by atoms with Gasteiger partial charge in [0, 0.05) is 17.3 Å². The first-order chi connectivity index (χ1) is 8.77. The second kappa shape index (κ2) is 4.38. The zero-order valence-electron chi connectivity index (χ0n) is 9.65. The zero-order chi connectivity index (χ0) is 14.2. The number of nitrogens with zero attached hydrogens (tertiary/aromatic N) is 2. The van der Waals surface area contributed by atoms with Gasteiger partial charge in [0.2, 0.25) is 0 Å². The fourth-order valence-electron chi connectivity index (χ4n) is 1.40. The van der Waals surface area contributed by atoms with E-state index in [0.29, 0.717) is 16.6 Å². The first-order valence-electron chi connectivity index (χ1n) is 5.09. The fourth-order valence-corrected chi connectivity index (χ4v) is 1.40. The number of rotatable bonds is 1. The third kappa shape index (κ3) is 2.72. The number of anilines is 1. The summed E-state index contributed by atoms with van der Waals surface area (Å²) in [6.07, 6.45) is -3.69. The number of pyridine rings is 2. The predicted octanol–water partition coefficient (Wildman–Crippen LogP) is 1.99. The van der Waals surface area contributed by atoms with E-state index in [-0.39, 0.29) is 5.82 Å². The standard InChI is InChI=1S/C11H8F3N3O2/c1-5-2-7-6(4-16-5)3-8(9(15)17-7)19-10(18)11(12,13)14/h2-4H,1H3,(H2,15,17). The van der Waals surface area contributed by atoms with Crippen molar-refractivity contribution in [1.29, 1.82) is 0 Å². The molecule has 0 bridgehead atoms. The molecule has 0 aliphatic rings. The Labute approximate surface area is 105 Å². The van der Waals surface area contributed by atoms with Gasteiger partial charge in [-0.25, -0.2) is 9.78 Å². The molecule has 2 rings (SSSR count). The van der Waals surface area contributed by atoms with Crippen molar-refractivity contribution in [3.8, 4) is 5.75 Å². The third-order valence-electron chi connectivity index (χ3n) is 2.26. The molecule has 0 saturated heterocycles. The summed E-state index contributed by atoms with van der Waals surface area (Å²) in [6, 6.07) is 2.80. The van der Waals surface area contributed by atoms with E-state index >= 15 is 0 Å². The molecule has 100 valence electrons. The number of ether oxygens (including phenoxy) is 1. The van der Waals surface area contributed by atoms with E-state index in [1.807, 2.05) is 0 Å². The van der Waals surface area contributed by atoms with Crippen LogP contribution in [-0.2, 0) is 4.79 Å². The van der Waals surface area contributed by atoms with Crippen LogP contribution < -0.4 is 10.5 Å². The SMILES string of the molecule is Cc1cc2nc(N)c(OC(=O)C(F)(F)F)cc2cn1. The smallest absolute Gasteiger partial charge is 0.416 e. The number of hydrogen-bond acceptors (Lipinski definition) is 5. The summed E-state index contributed by atoms with van der Waals surface area (Å²) in [4.78, 5) is 18.6. The molecule has 0 fully saturated rings. The highest BCUT2D eigenvalue weighted by Crippen LogP contribution is 2.27. The Hall–Kier alpha value is -2.38. The van der Waals surface area contributed by atoms with E-state index in [2.05, 4.69) is 14.7 Å². The lowest BCUT2D eigenvalue weighted by atomic mass is 10.2. The van der Waals surface area contributed by atoms with Crippen LogP contribution in [-0.4, -0.2) is 22.1 Å². The molecule has 0 unspecified atom stereocenters. The first-order valence-corrected chi connectivity index (χ1v) is 5.09. The molecular formula is C11H8F3N3O2. The molecule has 0 amide bonds. The van der Waals surface area contributed by atoms with Crippen molar-refractivity contribution in [3.05, 3.63) is 24.0 Å². The third-order valence-corrected chi connectivity index (χ3v) is 2.26. The highest BCUT2D eigenvalue weighted by molar-refractivity contribution is 5.85. The molecule has 2 N–H and O–H groups in total. The molecule has 0 spiro atoms. The van der Waals surface area contributed by atoms with Crippen molar-refractivity contribution >= 4 is 22.7 Å². The van der Waals surface area contributed by atoms with Crippen molar-refractivity contribution in [2.45, 2.75) is 13.1 Å². The molecule has 0 aromatic carbocycles. The van der Waals surface area contributed by atoms with Gasteiger partial charge in [0.15, 0.2) is 11.6 Å². The van der Waals surface area contributed by atoms with Crippen LogP contribution in [0.15, 0.2) is 18.3 Å². The molecule has 0 saturated carbocycles. The van der Waals surface area contributed by atoms with Crippen LogP contribution in [0.25, 0.3) is 10.9 Å². The van der Waals surface area contributed by atoms with Crippen molar-refractivity contribution in [2.24, 2.45) is 0 Å². The molecule has 2 aromatic rings. The highest BCUT2D eigenvalue weighted by Gasteiger charge is 2.41. The topological polar surface area (TPSA) is 78.1 Å². The number of nitrogens with two attached hydrogens (primary N) is 1. The van der Waals surface area contributed by atoms with Crippen molar-refractivity contribution in [3.63, 3.8) is 0 Å². The lowest BCUT2D eigenvalue weighted by Gasteiger charge is -2.09. The van der Waals surface area contributed by atoms with Gasteiger partial charge in [0.05, 0.1) is 5.52 Å². The number of halogens is 3. The van der Waals surface area contributed by atoms with E-state index < -0.39 is 17.9 Å². The minimum atomic E-state index is -5.09. The zero-order valence-corrected chi connectivity index (χ0v) is 9.65. The van der Waals surface area contributed by atoms with Crippen LogP contribution in [0.4, 0.5) is 19.0 Å². The quantitative estimate of drug-likeness (QED) is 0.802. The number of hydrogen-bond donors (Lipinski definition) is 1. The maximum atomic E-state index is 12.1. The first kappa shape index (κ1) is 13.1. The molecule has 0 aliphatic heterocycles. The molecule has 2 aromatic heterocycles. The summed E-state index contributed by atoms with van der Waals surface area (Å²) in [6.45, 7) is 1.73. The van der Waals surface area contributed by atoms with Gasteiger partial charge in [-0.1, -0.05) is 0 Å². The normalized spacial score (nSPS) is 11.6. The van der Waals surface area contributed by atoms with E-state index in [9.17, 15) is 18.0 Å². The monoisotopic (exact) mass is 271 g/mol. The Kier molecular flexibility index (Phi) is 3.01. The minimum absolute atomic E-state index is 0.296. The molecule has 19 heavy (non-hydrogen) atoms. The van der Waals surface area contributed by atoms with E-state index in [1.54, 1.807) is 13.0 Å². The van der Waals surface area contributed by atoms with Gasteiger partial charge >= 0.3 is 12.1 Å². The van der Waals surface area contributed by atoms with Gasteiger partial charge in [-0.3, -0.25) is 4.98 Å². The van der Waals surface area contributed by atoms with E-state index in [0.717, 1.165) is 0 Å². The number of esters is 1. The van der Waals surface area contributed by atoms with Crippen molar-refractivity contribution in [1.82, 2.24) is 9.97 Å². The Bertz CT molecular complexity index is 655. The van der Waals surface area contributed by atoms with Gasteiger partial charge in [0.25, 0.3) is 0 Å². The Morgan fingerprint density at radius 1 is 1.37 bits per heavy atom. The van der Waals surface area contributed by atoms with Gasteiger partial charge in [-0.05, 0) is 19.1 Å². The minimum Gasteiger partial charge on any atom is -0.416 e. The number of carbonyl (C=O) groups is 1. The van der Waals surface area contributed by atoms with Crippen molar-refractivity contribution in [2.75, 3.05) is 5.73 Å². The Morgan fingerprint density at radius 2 is 2.05 bits per heavy atom. The number of carbonyl (C=O) groups excluding carboxylic acids is 1. The number of fused-ring (bicyclic) bond motifs is 1. The maximum Gasteiger partial charge on any atom is 0.491 e. The Morgan fingerprint density at radius 3 is 2.68 bits per heavy atom. The number of nitrogen functional groups attached to an aromatic ring is 1. The predicted molar refractivity (Wildman–Crippen MR) is 60.4 cm³/mol. The highest BCUT2D eigenvalue weighted by atomic mass is 19.4. The number of aryl methyl sites for hydroxylation is 1. The van der Waals surface area contributed by atoms with E-state index in [1.165, 1.54) is 12.3 Å². The second-order valence-electron chi connectivity index (χ2n) is 3.78. The molecule has 0 atom stereocenters. The molecule has 8 heteroatoms. The average molecular weight is 271 g/mol. The fraction of sp³-hybridized carbons (Fsp3) is 0.182. The maximum absolute atomic E-state index is 12.1. The van der Waals surface area contributed by atoms with Crippen LogP contribution in [0.5, 0.6) is 5.75 Å². The molecular weight excluding hydrogens is 263 g/mol. The van der Waals surface area contributed by atoms with Crippen LogP contribution in [0.2, 0.25) is 0 Å². The molecule has 5 nitrogen and oxygen atoms in total. The molecule has 0 radical (unpaired) electrons. The van der Waals surface area contributed by atoms with Gasteiger partial charge in [0.1, 0.15) is 0 Å². The largest absolute Gasteiger partial charge is 0.491 e. The van der Waals surface area contributed by atoms with Gasteiger partial charge in [-0.2, -0.15) is 13.2 Å². The van der Waals surface area contributed by atoms with Gasteiger partial charge in [-0.15, -0.1) is 0 Å². The summed E-state index contributed by atoms with van der Waals surface area (Å²) >= 11 is 0. The average Bonchev–Trinajstić information content (AvgIpc) is 2.29. The summed E-state index contributed by atoms with van der Waals surface area (Å²) < 4.78 is 40.4. The summed E-state index contributed by atoms with van der Waals surface area (Å²) in [7, 11) is 0. The lowest BCUT2D eigenvalue weighted by molar-refractivity contribution is -0.189. The summed E-state index contributed by atoms with van der Waals surface area (Å²) in [5.74, 6) is -3.09. The number of alkyl halides is 3. The van der Waals surface area contributed by atoms with Gasteiger partial charge < -0.3 is 10.5 Å². The second-order valence-corrected chi connectivity index (χ2v) is 3.78. The van der Waals surface area contributed by atoms with Crippen molar-refractivity contribution < 1.29 is 22.7 Å². The van der Waals surface area contributed by atoms with Crippen LogP contribution >= 0.6 is 0 Å².